The van der Waals surface area contributed by atoms with Crippen LogP contribution in [0.5, 0.6) is 0 Å². The van der Waals surface area contributed by atoms with Crippen molar-refractivity contribution in [3.05, 3.63) is 107 Å². The zero-order chi connectivity index (χ0) is 25.4. The molecule has 182 valence electrons. The molecule has 0 aromatic heterocycles. The van der Waals surface area contributed by atoms with Crippen LogP contribution in [-0.4, -0.2) is 17.9 Å². The number of carbonyl (C=O) groups is 3. The number of carbonyl (C=O) groups excluding carboxylic acids is 3. The van der Waals surface area contributed by atoms with E-state index < -0.39 is 24.0 Å². The predicted molar refractivity (Wildman–Crippen MR) is 135 cm³/mol. The zero-order valence-corrected chi connectivity index (χ0v) is 20.7. The first-order chi connectivity index (χ1) is 16.7. The Morgan fingerprint density at radius 1 is 0.771 bits per heavy atom. The first kappa shape index (κ1) is 25.9. The van der Waals surface area contributed by atoms with Crippen molar-refractivity contribution in [3.8, 4) is 0 Å². The van der Waals surface area contributed by atoms with Crippen molar-refractivity contribution >= 4 is 17.9 Å². The largest absolute Gasteiger partial charge is 0.442 e. The summed E-state index contributed by atoms with van der Waals surface area (Å²) < 4.78 is 10.7. The first-order valence-electron chi connectivity index (χ1n) is 11.9. The topological polar surface area (TPSA) is 69.7 Å². The highest BCUT2D eigenvalue weighted by Gasteiger charge is 2.29. The maximum atomic E-state index is 13.0. The van der Waals surface area contributed by atoms with Gasteiger partial charge in [0, 0.05) is 5.56 Å². The minimum absolute atomic E-state index is 0.0621. The Labute approximate surface area is 207 Å². The Bertz CT molecular complexity index is 1140. The average Bonchev–Trinajstić information content (AvgIpc) is 2.86. The Morgan fingerprint density at radius 3 is 1.91 bits per heavy atom. The fourth-order valence-electron chi connectivity index (χ4n) is 3.55. The van der Waals surface area contributed by atoms with Crippen LogP contribution in [0.4, 0.5) is 0 Å². The van der Waals surface area contributed by atoms with Gasteiger partial charge in [-0.05, 0) is 53.6 Å². The number of hydrogen-bond donors (Lipinski definition) is 0. The van der Waals surface area contributed by atoms with Crippen LogP contribution in [0.15, 0.2) is 78.9 Å². The van der Waals surface area contributed by atoms with Gasteiger partial charge < -0.3 is 9.47 Å². The van der Waals surface area contributed by atoms with E-state index in [0.29, 0.717) is 11.1 Å². The van der Waals surface area contributed by atoms with Gasteiger partial charge in [-0.25, -0.2) is 14.4 Å². The van der Waals surface area contributed by atoms with Crippen molar-refractivity contribution in [1.29, 1.82) is 0 Å². The number of benzene rings is 3. The lowest BCUT2D eigenvalue weighted by atomic mass is 9.87. The lowest BCUT2D eigenvalue weighted by molar-refractivity contribution is -0.148. The molecule has 0 fully saturated rings. The Balaban J connectivity index is 1.75. The molecule has 5 nitrogen and oxygen atoms in total. The highest BCUT2D eigenvalue weighted by atomic mass is 16.6. The molecule has 5 heteroatoms. The third kappa shape index (κ3) is 7.12. The zero-order valence-electron chi connectivity index (χ0n) is 20.7. The van der Waals surface area contributed by atoms with Gasteiger partial charge in [0.25, 0.3) is 0 Å². The standard InChI is InChI=1S/C30H32O5/c1-5-6-10-21-13-15-23(16-14-21)28(32)35-29(33)26(22-11-8-7-9-12-22)34-27(31)24-17-19-25(20-18-24)30(2,3)4/h7-9,11-20,26H,5-6,10H2,1-4H3. The van der Waals surface area contributed by atoms with Crippen LogP contribution in [0, 0.1) is 0 Å². The minimum atomic E-state index is -1.38. The van der Waals surface area contributed by atoms with E-state index in [1.165, 1.54) is 0 Å². The fraction of sp³-hybridized carbons (Fsp3) is 0.300. The van der Waals surface area contributed by atoms with Crippen molar-refractivity contribution < 1.29 is 23.9 Å². The Morgan fingerprint density at radius 2 is 1.34 bits per heavy atom. The van der Waals surface area contributed by atoms with Gasteiger partial charge >= 0.3 is 17.9 Å². The molecule has 1 atom stereocenters. The normalized spacial score (nSPS) is 12.0. The summed E-state index contributed by atoms with van der Waals surface area (Å²) in [5, 5.41) is 0. The van der Waals surface area contributed by atoms with E-state index in [2.05, 4.69) is 27.7 Å². The third-order valence-corrected chi connectivity index (χ3v) is 5.73. The molecule has 0 aliphatic carbocycles. The van der Waals surface area contributed by atoms with Gasteiger partial charge in [0.1, 0.15) is 0 Å². The number of ether oxygens (including phenoxy) is 2. The van der Waals surface area contributed by atoms with Crippen molar-refractivity contribution in [2.24, 2.45) is 0 Å². The van der Waals surface area contributed by atoms with Crippen molar-refractivity contribution in [2.45, 2.75) is 58.5 Å². The van der Waals surface area contributed by atoms with Crippen molar-refractivity contribution in [1.82, 2.24) is 0 Å². The van der Waals surface area contributed by atoms with Gasteiger partial charge in [-0.3, -0.25) is 0 Å². The number of hydrogen-bond acceptors (Lipinski definition) is 5. The van der Waals surface area contributed by atoms with Gasteiger partial charge in [-0.15, -0.1) is 0 Å². The van der Waals surface area contributed by atoms with Gasteiger partial charge in [0.05, 0.1) is 11.1 Å². The lowest BCUT2D eigenvalue weighted by Crippen LogP contribution is -2.24. The molecule has 0 aliphatic rings. The summed E-state index contributed by atoms with van der Waals surface area (Å²) in [4.78, 5) is 38.4. The minimum Gasteiger partial charge on any atom is -0.442 e. The first-order valence-corrected chi connectivity index (χ1v) is 11.9. The van der Waals surface area contributed by atoms with E-state index in [1.54, 1.807) is 54.6 Å². The summed E-state index contributed by atoms with van der Waals surface area (Å²) in [5.41, 5.74) is 3.10. The molecule has 0 amide bonds. The maximum Gasteiger partial charge on any atom is 0.360 e. The van der Waals surface area contributed by atoms with Crippen molar-refractivity contribution in [3.63, 3.8) is 0 Å². The van der Waals surface area contributed by atoms with Crippen LogP contribution in [0.1, 0.15) is 84.0 Å². The van der Waals surface area contributed by atoms with Gasteiger partial charge in [0.2, 0.25) is 6.10 Å². The summed E-state index contributed by atoms with van der Waals surface area (Å²) in [6.07, 6.45) is 1.69. The van der Waals surface area contributed by atoms with Crippen LogP contribution >= 0.6 is 0 Å². The molecule has 0 N–H and O–H groups in total. The number of esters is 3. The molecule has 0 spiro atoms. The second kappa shape index (κ2) is 11.6. The Kier molecular flexibility index (Phi) is 8.58. The van der Waals surface area contributed by atoms with E-state index in [0.717, 1.165) is 30.4 Å². The molecule has 0 saturated heterocycles. The van der Waals surface area contributed by atoms with Crippen LogP contribution in [0.25, 0.3) is 0 Å². The quantitative estimate of drug-likeness (QED) is 0.273. The number of unbranched alkanes of at least 4 members (excludes halogenated alkanes) is 1. The monoisotopic (exact) mass is 472 g/mol. The van der Waals surface area contributed by atoms with E-state index in [-0.39, 0.29) is 11.0 Å². The SMILES string of the molecule is CCCCc1ccc(C(=O)OC(=O)C(OC(=O)c2ccc(C(C)(C)C)cc2)c2ccccc2)cc1. The van der Waals surface area contributed by atoms with E-state index in [4.69, 9.17) is 9.47 Å². The van der Waals surface area contributed by atoms with E-state index in [9.17, 15) is 14.4 Å². The summed E-state index contributed by atoms with van der Waals surface area (Å²) in [6, 6.07) is 22.6. The summed E-state index contributed by atoms with van der Waals surface area (Å²) in [5.74, 6) is -2.41. The van der Waals surface area contributed by atoms with Crippen LogP contribution in [0.2, 0.25) is 0 Å². The van der Waals surface area contributed by atoms with E-state index in [1.807, 2.05) is 24.3 Å². The summed E-state index contributed by atoms with van der Waals surface area (Å²) >= 11 is 0. The highest BCUT2D eigenvalue weighted by Crippen LogP contribution is 2.25. The molecule has 3 aromatic carbocycles. The van der Waals surface area contributed by atoms with E-state index >= 15 is 0 Å². The summed E-state index contributed by atoms with van der Waals surface area (Å²) in [6.45, 7) is 8.36. The molecule has 3 aromatic rings. The maximum absolute atomic E-state index is 13.0. The molecule has 0 heterocycles. The van der Waals surface area contributed by atoms with Crippen LogP contribution in [0.3, 0.4) is 0 Å². The molecule has 0 saturated carbocycles. The Hall–Kier alpha value is -3.73. The molecule has 0 bridgehead atoms. The molecule has 35 heavy (non-hydrogen) atoms. The molecular weight excluding hydrogens is 440 g/mol. The average molecular weight is 473 g/mol. The second-order valence-corrected chi connectivity index (χ2v) is 9.53. The lowest BCUT2D eigenvalue weighted by Gasteiger charge is -2.20. The van der Waals surface area contributed by atoms with Crippen LogP contribution < -0.4 is 0 Å². The number of aryl methyl sites for hydroxylation is 1. The van der Waals surface area contributed by atoms with Crippen molar-refractivity contribution in [2.75, 3.05) is 0 Å². The van der Waals surface area contributed by atoms with Gasteiger partial charge in [-0.1, -0.05) is 88.7 Å². The second-order valence-electron chi connectivity index (χ2n) is 9.53. The smallest absolute Gasteiger partial charge is 0.360 e. The predicted octanol–water partition coefficient (Wildman–Crippen LogP) is 6.61. The van der Waals surface area contributed by atoms with Crippen LogP contribution in [-0.2, 0) is 26.1 Å². The summed E-state index contributed by atoms with van der Waals surface area (Å²) in [7, 11) is 0. The highest BCUT2D eigenvalue weighted by molar-refractivity contribution is 5.99. The molecular formula is C30H32O5. The molecule has 0 aliphatic heterocycles. The van der Waals surface area contributed by atoms with Gasteiger partial charge in [0.15, 0.2) is 0 Å². The fourth-order valence-corrected chi connectivity index (χ4v) is 3.55. The van der Waals surface area contributed by atoms with Gasteiger partial charge in [-0.2, -0.15) is 0 Å². The number of rotatable bonds is 8. The third-order valence-electron chi connectivity index (χ3n) is 5.73. The molecule has 0 radical (unpaired) electrons. The molecule has 1 unspecified atom stereocenters. The molecule has 3 rings (SSSR count).